The Labute approximate surface area is 109 Å². The number of benzene rings is 1. The van der Waals surface area contributed by atoms with Gasteiger partial charge in [0.15, 0.2) is 4.77 Å². The predicted molar refractivity (Wildman–Crippen MR) is 72.5 cm³/mol. The molecule has 1 aliphatic heterocycles. The van der Waals surface area contributed by atoms with Crippen molar-refractivity contribution < 1.29 is 4.74 Å². The number of fused-ring (bicyclic) bond motifs is 1. The van der Waals surface area contributed by atoms with Gasteiger partial charge in [0.25, 0.3) is 5.56 Å². The van der Waals surface area contributed by atoms with E-state index in [-0.39, 0.29) is 17.7 Å². The molecule has 1 saturated heterocycles. The van der Waals surface area contributed by atoms with Crippen LogP contribution < -0.4 is 5.56 Å². The molecule has 0 amide bonds. The lowest BCUT2D eigenvalue weighted by Crippen LogP contribution is -2.30. The normalized spacial score (nSPS) is 23.6. The van der Waals surface area contributed by atoms with Crippen LogP contribution in [0.25, 0.3) is 10.9 Å². The lowest BCUT2D eigenvalue weighted by atomic mass is 10.1. The van der Waals surface area contributed by atoms with Gasteiger partial charge in [-0.3, -0.25) is 9.36 Å². The van der Waals surface area contributed by atoms with Crippen LogP contribution in [-0.4, -0.2) is 22.3 Å². The summed E-state index contributed by atoms with van der Waals surface area (Å²) in [5.41, 5.74) is 0.756. The fourth-order valence-electron chi connectivity index (χ4n) is 2.54. The van der Waals surface area contributed by atoms with Crippen molar-refractivity contribution >= 4 is 23.1 Å². The number of nitrogens with one attached hydrogen (secondary N) is 1. The van der Waals surface area contributed by atoms with Gasteiger partial charge in [0, 0.05) is 6.61 Å². The van der Waals surface area contributed by atoms with Gasteiger partial charge in [-0.2, -0.15) is 0 Å². The maximum atomic E-state index is 12.5. The lowest BCUT2D eigenvalue weighted by molar-refractivity contribution is 0.106. The van der Waals surface area contributed by atoms with Gasteiger partial charge < -0.3 is 9.72 Å². The molecule has 2 atom stereocenters. The minimum atomic E-state index is -0.0308. The Bertz CT molecular complexity index is 704. The molecule has 18 heavy (non-hydrogen) atoms. The number of nitrogens with zero attached hydrogens (tertiary/aromatic N) is 1. The fraction of sp³-hybridized carbons (Fsp3) is 0.385. The summed E-state index contributed by atoms with van der Waals surface area (Å²) in [5, 5.41) is 0.671. The highest BCUT2D eigenvalue weighted by Crippen LogP contribution is 2.25. The van der Waals surface area contributed by atoms with Crippen LogP contribution in [0.5, 0.6) is 0 Å². The quantitative estimate of drug-likeness (QED) is 0.803. The minimum absolute atomic E-state index is 0.0268. The average Bonchev–Trinajstić information content (AvgIpc) is 2.76. The SMILES string of the molecule is CC1OCCC1n1c(=S)[nH]c2ccccc2c1=O. The first-order valence-corrected chi connectivity index (χ1v) is 6.44. The first-order valence-electron chi connectivity index (χ1n) is 6.03. The molecular weight excluding hydrogens is 248 g/mol. The molecule has 0 aliphatic carbocycles. The number of ether oxygens (including phenoxy) is 1. The van der Waals surface area contributed by atoms with Gasteiger partial charge in [0.05, 0.1) is 23.0 Å². The largest absolute Gasteiger partial charge is 0.376 e. The molecule has 2 unspecified atom stereocenters. The van der Waals surface area contributed by atoms with E-state index in [1.165, 1.54) is 0 Å². The summed E-state index contributed by atoms with van der Waals surface area (Å²) in [7, 11) is 0. The zero-order valence-corrected chi connectivity index (χ0v) is 10.9. The zero-order chi connectivity index (χ0) is 12.7. The van der Waals surface area contributed by atoms with Gasteiger partial charge >= 0.3 is 0 Å². The molecule has 3 rings (SSSR count). The summed E-state index contributed by atoms with van der Waals surface area (Å²) < 4.78 is 7.66. The summed E-state index contributed by atoms with van der Waals surface area (Å²) in [6.45, 7) is 2.66. The van der Waals surface area contributed by atoms with Crippen LogP contribution in [0, 0.1) is 4.77 Å². The monoisotopic (exact) mass is 262 g/mol. The number of hydrogen-bond donors (Lipinski definition) is 1. The van der Waals surface area contributed by atoms with Crippen LogP contribution in [0.4, 0.5) is 0 Å². The number of H-pyrrole nitrogens is 1. The number of aromatic nitrogens is 2. The van der Waals surface area contributed by atoms with Crippen LogP contribution >= 0.6 is 12.2 Å². The molecule has 5 heteroatoms. The van der Waals surface area contributed by atoms with Gasteiger partial charge in [0.1, 0.15) is 0 Å². The van der Waals surface area contributed by atoms with E-state index in [1.807, 2.05) is 31.2 Å². The Morgan fingerprint density at radius 3 is 2.94 bits per heavy atom. The molecule has 2 heterocycles. The minimum Gasteiger partial charge on any atom is -0.376 e. The van der Waals surface area contributed by atoms with E-state index in [0.717, 1.165) is 11.9 Å². The molecule has 0 spiro atoms. The summed E-state index contributed by atoms with van der Waals surface area (Å²) in [5.74, 6) is 0. The number of para-hydroxylation sites is 1. The van der Waals surface area contributed by atoms with Crippen molar-refractivity contribution in [2.75, 3.05) is 6.61 Å². The van der Waals surface area contributed by atoms with E-state index < -0.39 is 0 Å². The van der Waals surface area contributed by atoms with Crippen molar-refractivity contribution in [1.82, 2.24) is 9.55 Å². The van der Waals surface area contributed by atoms with E-state index in [0.29, 0.717) is 16.8 Å². The van der Waals surface area contributed by atoms with Gasteiger partial charge in [-0.05, 0) is 37.7 Å². The second-order valence-corrected chi connectivity index (χ2v) is 4.97. The molecule has 94 valence electrons. The highest BCUT2D eigenvalue weighted by atomic mass is 32.1. The van der Waals surface area contributed by atoms with Crippen LogP contribution in [0.3, 0.4) is 0 Å². The Hall–Kier alpha value is -1.46. The van der Waals surface area contributed by atoms with Gasteiger partial charge in [0.2, 0.25) is 0 Å². The van der Waals surface area contributed by atoms with E-state index in [9.17, 15) is 4.79 Å². The highest BCUT2D eigenvalue weighted by Gasteiger charge is 2.27. The zero-order valence-electron chi connectivity index (χ0n) is 10.1. The van der Waals surface area contributed by atoms with Crippen molar-refractivity contribution in [2.45, 2.75) is 25.5 Å². The molecule has 1 aromatic heterocycles. The van der Waals surface area contributed by atoms with Crippen molar-refractivity contribution in [1.29, 1.82) is 0 Å². The third-order valence-electron chi connectivity index (χ3n) is 3.50. The van der Waals surface area contributed by atoms with Crippen molar-refractivity contribution in [2.24, 2.45) is 0 Å². The molecule has 0 bridgehead atoms. The van der Waals surface area contributed by atoms with Gasteiger partial charge in [-0.1, -0.05) is 12.1 Å². The van der Waals surface area contributed by atoms with Gasteiger partial charge in [-0.15, -0.1) is 0 Å². The molecule has 4 nitrogen and oxygen atoms in total. The molecule has 2 aromatic rings. The Balaban J connectivity index is 2.30. The van der Waals surface area contributed by atoms with Crippen LogP contribution in [-0.2, 0) is 4.74 Å². The molecule has 1 N–H and O–H groups in total. The van der Waals surface area contributed by atoms with Crippen LogP contribution in [0.1, 0.15) is 19.4 Å². The first kappa shape index (κ1) is 11.6. The van der Waals surface area contributed by atoms with E-state index in [2.05, 4.69) is 4.98 Å². The second kappa shape index (κ2) is 4.33. The molecule has 0 radical (unpaired) electrons. The standard InChI is InChI=1S/C13H14N2O2S/c1-8-11(6-7-17-8)15-12(16)9-4-2-3-5-10(9)14-13(15)18/h2-5,8,11H,6-7H2,1H3,(H,14,18). The molecule has 1 fully saturated rings. The number of aromatic amines is 1. The maximum Gasteiger partial charge on any atom is 0.262 e. The topological polar surface area (TPSA) is 47.0 Å². The van der Waals surface area contributed by atoms with Crippen molar-refractivity contribution in [3.05, 3.63) is 39.4 Å². The lowest BCUT2D eigenvalue weighted by Gasteiger charge is -2.17. The Morgan fingerprint density at radius 2 is 2.22 bits per heavy atom. The predicted octanol–water partition coefficient (Wildman–Crippen LogP) is 2.41. The Kier molecular flexibility index (Phi) is 2.80. The van der Waals surface area contributed by atoms with Gasteiger partial charge in [-0.25, -0.2) is 0 Å². The summed E-state index contributed by atoms with van der Waals surface area (Å²) in [6, 6.07) is 7.47. The molecular formula is C13H14N2O2S. The van der Waals surface area contributed by atoms with Crippen molar-refractivity contribution in [3.8, 4) is 0 Å². The summed E-state index contributed by atoms with van der Waals surface area (Å²) in [6.07, 6.45) is 0.857. The van der Waals surface area contributed by atoms with Crippen molar-refractivity contribution in [3.63, 3.8) is 0 Å². The first-order chi connectivity index (χ1) is 8.68. The summed E-state index contributed by atoms with van der Waals surface area (Å²) in [4.78, 5) is 15.6. The molecule has 1 aliphatic rings. The summed E-state index contributed by atoms with van der Waals surface area (Å²) >= 11 is 5.31. The third-order valence-corrected chi connectivity index (χ3v) is 3.80. The fourth-order valence-corrected chi connectivity index (χ4v) is 2.87. The molecule has 0 saturated carbocycles. The average molecular weight is 262 g/mol. The maximum absolute atomic E-state index is 12.5. The van der Waals surface area contributed by atoms with Crippen LogP contribution in [0.2, 0.25) is 0 Å². The van der Waals surface area contributed by atoms with E-state index in [1.54, 1.807) is 4.57 Å². The van der Waals surface area contributed by atoms with E-state index in [4.69, 9.17) is 17.0 Å². The highest BCUT2D eigenvalue weighted by molar-refractivity contribution is 7.71. The van der Waals surface area contributed by atoms with Crippen LogP contribution in [0.15, 0.2) is 29.1 Å². The van der Waals surface area contributed by atoms with E-state index >= 15 is 0 Å². The molecule has 1 aromatic carbocycles. The number of rotatable bonds is 1. The second-order valence-electron chi connectivity index (χ2n) is 4.58. The Morgan fingerprint density at radius 1 is 1.44 bits per heavy atom. The number of hydrogen-bond acceptors (Lipinski definition) is 3. The smallest absolute Gasteiger partial charge is 0.262 e. The third kappa shape index (κ3) is 1.71.